The molecule has 4 nitrogen and oxygen atoms in total. The summed E-state index contributed by atoms with van der Waals surface area (Å²) in [7, 11) is -3.49. The molecule has 5 heteroatoms. The van der Waals surface area contributed by atoms with Gasteiger partial charge in [-0.15, -0.1) is 0 Å². The van der Waals surface area contributed by atoms with Gasteiger partial charge in [-0.1, -0.05) is 18.9 Å². The number of rotatable bonds is 5. The number of hydrogen-bond acceptors (Lipinski definition) is 3. The minimum Gasteiger partial charge on any atom is -0.326 e. The van der Waals surface area contributed by atoms with Gasteiger partial charge in [0.25, 0.3) is 0 Å². The van der Waals surface area contributed by atoms with E-state index in [1.165, 1.54) is 12.8 Å². The lowest BCUT2D eigenvalue weighted by atomic mass is 10.0. The fraction of sp³-hybridized carbons (Fsp3) is 0.625. The van der Waals surface area contributed by atoms with Crippen LogP contribution in [0.5, 0.6) is 0 Å². The van der Waals surface area contributed by atoms with Gasteiger partial charge < -0.3 is 5.73 Å². The Morgan fingerprint density at radius 3 is 2.48 bits per heavy atom. The average Bonchev–Trinajstić information content (AvgIpc) is 2.95. The van der Waals surface area contributed by atoms with Crippen LogP contribution >= 0.6 is 0 Å². The van der Waals surface area contributed by atoms with Crippen molar-refractivity contribution >= 4 is 10.0 Å². The topological polar surface area (TPSA) is 72.2 Å². The molecule has 0 radical (unpaired) electrons. The molecule has 1 saturated carbocycles. The summed E-state index contributed by atoms with van der Waals surface area (Å²) in [4.78, 5) is 0.368. The summed E-state index contributed by atoms with van der Waals surface area (Å²) in [6.45, 7) is 6.10. The summed E-state index contributed by atoms with van der Waals surface area (Å²) in [6.07, 6.45) is 4.64. The molecule has 1 aromatic carbocycles. The van der Waals surface area contributed by atoms with Crippen LogP contribution in [0.15, 0.2) is 17.0 Å². The molecule has 1 aromatic rings. The van der Waals surface area contributed by atoms with Crippen molar-refractivity contribution in [1.82, 2.24) is 4.72 Å². The highest BCUT2D eigenvalue weighted by Gasteiger charge is 2.27. The van der Waals surface area contributed by atoms with Crippen molar-refractivity contribution in [2.75, 3.05) is 0 Å². The molecule has 0 heterocycles. The first kappa shape index (κ1) is 16.5. The Kier molecular flexibility index (Phi) is 5.07. The molecule has 1 fully saturated rings. The third-order valence-corrected chi connectivity index (χ3v) is 6.34. The average molecular weight is 310 g/mol. The SMILES string of the molecule is Cc1cc(CN)cc(S(=O)(=O)NC(C)C2CCCC2)c1C. The summed E-state index contributed by atoms with van der Waals surface area (Å²) in [5.74, 6) is 0.457. The zero-order valence-corrected chi connectivity index (χ0v) is 14.0. The predicted octanol–water partition coefficient (Wildman–Crippen LogP) is 2.62. The van der Waals surface area contributed by atoms with Crippen molar-refractivity contribution in [2.24, 2.45) is 11.7 Å². The van der Waals surface area contributed by atoms with Crippen LogP contribution in [0.2, 0.25) is 0 Å². The maximum Gasteiger partial charge on any atom is 0.241 e. The van der Waals surface area contributed by atoms with E-state index >= 15 is 0 Å². The molecule has 0 saturated heterocycles. The van der Waals surface area contributed by atoms with Crippen LogP contribution in [0.3, 0.4) is 0 Å². The molecular formula is C16H26N2O2S. The molecule has 0 aliphatic heterocycles. The number of nitrogens with two attached hydrogens (primary N) is 1. The quantitative estimate of drug-likeness (QED) is 0.878. The van der Waals surface area contributed by atoms with Gasteiger partial charge in [-0.25, -0.2) is 13.1 Å². The molecule has 2 rings (SSSR count). The second kappa shape index (κ2) is 6.46. The Hall–Kier alpha value is -0.910. The van der Waals surface area contributed by atoms with Crippen molar-refractivity contribution in [3.05, 3.63) is 28.8 Å². The summed E-state index contributed by atoms with van der Waals surface area (Å²) in [5.41, 5.74) is 8.29. The van der Waals surface area contributed by atoms with E-state index in [1.807, 2.05) is 26.8 Å². The van der Waals surface area contributed by atoms with E-state index in [0.717, 1.165) is 29.5 Å². The zero-order valence-electron chi connectivity index (χ0n) is 13.1. The lowest BCUT2D eigenvalue weighted by Gasteiger charge is -2.21. The van der Waals surface area contributed by atoms with E-state index in [1.54, 1.807) is 6.07 Å². The highest BCUT2D eigenvalue weighted by molar-refractivity contribution is 7.89. The van der Waals surface area contributed by atoms with E-state index in [9.17, 15) is 8.42 Å². The maximum atomic E-state index is 12.7. The normalized spacial score (nSPS) is 18.1. The molecule has 0 spiro atoms. The number of sulfonamides is 1. The molecule has 118 valence electrons. The Morgan fingerprint density at radius 1 is 1.29 bits per heavy atom. The van der Waals surface area contributed by atoms with Crippen molar-refractivity contribution in [2.45, 2.75) is 63.9 Å². The van der Waals surface area contributed by atoms with Crippen LogP contribution < -0.4 is 10.5 Å². The maximum absolute atomic E-state index is 12.7. The molecule has 1 unspecified atom stereocenters. The lowest BCUT2D eigenvalue weighted by Crippen LogP contribution is -2.37. The first-order valence-electron chi connectivity index (χ1n) is 7.67. The standard InChI is InChI=1S/C16H26N2O2S/c1-11-8-14(10-17)9-16(12(11)2)21(19,20)18-13(3)15-6-4-5-7-15/h8-9,13,15,18H,4-7,10,17H2,1-3H3. The number of nitrogens with one attached hydrogen (secondary N) is 1. The molecule has 1 atom stereocenters. The monoisotopic (exact) mass is 310 g/mol. The van der Waals surface area contributed by atoms with Crippen LogP contribution in [0, 0.1) is 19.8 Å². The van der Waals surface area contributed by atoms with Gasteiger partial charge in [-0.3, -0.25) is 0 Å². The number of benzene rings is 1. The minimum atomic E-state index is -3.49. The summed E-state index contributed by atoms with van der Waals surface area (Å²) in [5, 5.41) is 0. The Bertz CT molecular complexity index is 605. The van der Waals surface area contributed by atoms with Gasteiger partial charge >= 0.3 is 0 Å². The van der Waals surface area contributed by atoms with Crippen LogP contribution in [0.25, 0.3) is 0 Å². The van der Waals surface area contributed by atoms with Crippen molar-refractivity contribution in [1.29, 1.82) is 0 Å². The van der Waals surface area contributed by atoms with Crippen LogP contribution in [0.4, 0.5) is 0 Å². The molecule has 3 N–H and O–H groups in total. The van der Waals surface area contributed by atoms with E-state index < -0.39 is 10.0 Å². The van der Waals surface area contributed by atoms with Gasteiger partial charge in [0.05, 0.1) is 4.90 Å². The lowest BCUT2D eigenvalue weighted by molar-refractivity contribution is 0.424. The Morgan fingerprint density at radius 2 is 1.90 bits per heavy atom. The van der Waals surface area contributed by atoms with Crippen LogP contribution in [-0.4, -0.2) is 14.5 Å². The number of aryl methyl sites for hydroxylation is 1. The van der Waals surface area contributed by atoms with Crippen molar-refractivity contribution in [3.8, 4) is 0 Å². The predicted molar refractivity (Wildman–Crippen MR) is 85.5 cm³/mol. The molecule has 1 aliphatic rings. The van der Waals surface area contributed by atoms with Crippen molar-refractivity contribution < 1.29 is 8.42 Å². The smallest absolute Gasteiger partial charge is 0.241 e. The number of hydrogen-bond donors (Lipinski definition) is 2. The molecule has 1 aliphatic carbocycles. The molecule has 0 amide bonds. The van der Waals surface area contributed by atoms with E-state index in [2.05, 4.69) is 4.72 Å². The van der Waals surface area contributed by atoms with Crippen LogP contribution in [0.1, 0.15) is 49.3 Å². The zero-order chi connectivity index (χ0) is 15.6. The van der Waals surface area contributed by atoms with Gasteiger partial charge in [0, 0.05) is 12.6 Å². The van der Waals surface area contributed by atoms with Gasteiger partial charge in [-0.05, 0) is 62.3 Å². The van der Waals surface area contributed by atoms with E-state index in [-0.39, 0.29) is 6.04 Å². The highest BCUT2D eigenvalue weighted by Crippen LogP contribution is 2.29. The third-order valence-electron chi connectivity index (χ3n) is 4.65. The molecule has 0 bridgehead atoms. The Labute approximate surface area is 128 Å². The summed E-state index contributed by atoms with van der Waals surface area (Å²) in [6, 6.07) is 3.64. The van der Waals surface area contributed by atoms with Crippen LogP contribution in [-0.2, 0) is 16.6 Å². The van der Waals surface area contributed by atoms with E-state index in [4.69, 9.17) is 5.73 Å². The van der Waals surface area contributed by atoms with Gasteiger partial charge in [0.1, 0.15) is 0 Å². The second-order valence-corrected chi connectivity index (χ2v) is 7.88. The van der Waals surface area contributed by atoms with Gasteiger partial charge in [0.15, 0.2) is 0 Å². The first-order chi connectivity index (χ1) is 9.85. The fourth-order valence-corrected chi connectivity index (χ4v) is 4.84. The second-order valence-electron chi connectivity index (χ2n) is 6.19. The first-order valence-corrected chi connectivity index (χ1v) is 9.16. The van der Waals surface area contributed by atoms with E-state index in [0.29, 0.717) is 17.4 Å². The van der Waals surface area contributed by atoms with Gasteiger partial charge in [0.2, 0.25) is 10.0 Å². The van der Waals surface area contributed by atoms with Gasteiger partial charge in [-0.2, -0.15) is 0 Å². The molecular weight excluding hydrogens is 284 g/mol. The minimum absolute atomic E-state index is 0.0151. The highest BCUT2D eigenvalue weighted by atomic mass is 32.2. The molecule has 21 heavy (non-hydrogen) atoms. The molecule has 0 aromatic heterocycles. The fourth-order valence-electron chi connectivity index (χ4n) is 3.16. The summed E-state index contributed by atoms with van der Waals surface area (Å²) >= 11 is 0. The van der Waals surface area contributed by atoms with Crippen molar-refractivity contribution in [3.63, 3.8) is 0 Å². The summed E-state index contributed by atoms with van der Waals surface area (Å²) < 4.78 is 28.2. The largest absolute Gasteiger partial charge is 0.326 e. The third kappa shape index (κ3) is 3.65. The Balaban J connectivity index is 2.28.